The smallest absolute Gasteiger partial charge is 0.178 e. The van der Waals surface area contributed by atoms with Gasteiger partial charge in [-0.25, -0.2) is 4.99 Å². The quantitative estimate of drug-likeness (QED) is 0.333. The van der Waals surface area contributed by atoms with Crippen LogP contribution < -0.4 is 5.48 Å². The number of hydrogen-bond acceptors (Lipinski definition) is 3. The average molecular weight is 168 g/mol. The molecule has 0 amide bonds. The molecule has 1 heterocycles. The van der Waals surface area contributed by atoms with E-state index in [2.05, 4.69) is 15.2 Å². The zero-order valence-electron chi connectivity index (χ0n) is 7.34. The molecule has 1 aromatic rings. The van der Waals surface area contributed by atoms with E-state index in [0.29, 0.717) is 11.7 Å². The van der Waals surface area contributed by atoms with Crippen LogP contribution in [0.3, 0.4) is 0 Å². The van der Waals surface area contributed by atoms with Crippen molar-refractivity contribution >= 4 is 11.7 Å². The molecule has 0 aliphatic heterocycles. The molecule has 0 saturated carbocycles. The third kappa shape index (κ3) is 1.62. The Morgan fingerprint density at radius 3 is 2.67 bits per heavy atom. The van der Waals surface area contributed by atoms with Crippen molar-refractivity contribution in [3.63, 3.8) is 0 Å². The highest BCUT2D eigenvalue weighted by atomic mass is 16.5. The summed E-state index contributed by atoms with van der Waals surface area (Å²) in [4.78, 5) is 4.01. The van der Waals surface area contributed by atoms with Gasteiger partial charge in [0.1, 0.15) is 5.84 Å². The minimum Gasteiger partial charge on any atom is -0.290 e. The van der Waals surface area contributed by atoms with Crippen molar-refractivity contribution in [2.75, 3.05) is 0 Å². The number of aromatic amines is 1. The van der Waals surface area contributed by atoms with Gasteiger partial charge in [-0.05, 0) is 20.8 Å². The summed E-state index contributed by atoms with van der Waals surface area (Å²) >= 11 is 0. The number of aryl methyl sites for hydroxylation is 1. The van der Waals surface area contributed by atoms with Gasteiger partial charge >= 0.3 is 0 Å². The minimum absolute atomic E-state index is 0.421. The molecule has 5 nitrogen and oxygen atoms in total. The lowest BCUT2D eigenvalue weighted by molar-refractivity contribution is 0.234. The molecule has 66 valence electrons. The van der Waals surface area contributed by atoms with Crippen LogP contribution >= 0.6 is 0 Å². The predicted octanol–water partition coefficient (Wildman–Crippen LogP) is 1.06. The van der Waals surface area contributed by atoms with Crippen molar-refractivity contribution in [1.29, 1.82) is 0 Å². The second-order valence-electron chi connectivity index (χ2n) is 2.61. The topological polar surface area (TPSA) is 73.3 Å². The maximum Gasteiger partial charge on any atom is 0.178 e. The van der Waals surface area contributed by atoms with Crippen LogP contribution in [-0.2, 0) is 0 Å². The first-order valence-corrected chi connectivity index (χ1v) is 3.62. The molecule has 0 fully saturated rings. The van der Waals surface area contributed by atoms with E-state index in [1.807, 2.05) is 19.3 Å². The molecule has 0 unspecified atom stereocenters. The van der Waals surface area contributed by atoms with Crippen molar-refractivity contribution in [2.24, 2.45) is 4.99 Å². The fourth-order valence-electron chi connectivity index (χ4n) is 0.765. The summed E-state index contributed by atoms with van der Waals surface area (Å²) in [5, 5.41) is 15.2. The van der Waals surface area contributed by atoms with Crippen LogP contribution in [0.15, 0.2) is 4.99 Å². The summed E-state index contributed by atoms with van der Waals surface area (Å²) in [7, 11) is 0. The summed E-state index contributed by atoms with van der Waals surface area (Å²) in [5.74, 6) is 1.02. The van der Waals surface area contributed by atoms with E-state index >= 15 is 0 Å². The summed E-state index contributed by atoms with van der Waals surface area (Å²) in [5.41, 5.74) is 3.92. The molecule has 0 saturated heterocycles. The number of amidine groups is 1. The summed E-state index contributed by atoms with van der Waals surface area (Å²) in [6, 6.07) is 0. The fraction of sp³-hybridized carbons (Fsp3) is 0.429. The van der Waals surface area contributed by atoms with Crippen LogP contribution in [0.4, 0.5) is 5.82 Å². The zero-order chi connectivity index (χ0) is 9.14. The van der Waals surface area contributed by atoms with Gasteiger partial charge in [0.15, 0.2) is 5.82 Å². The van der Waals surface area contributed by atoms with Crippen LogP contribution in [-0.4, -0.2) is 21.2 Å². The Morgan fingerprint density at radius 1 is 1.58 bits per heavy atom. The van der Waals surface area contributed by atoms with E-state index in [0.717, 1.165) is 11.3 Å². The number of hydroxylamine groups is 1. The van der Waals surface area contributed by atoms with Crippen molar-refractivity contribution in [3.8, 4) is 0 Å². The highest BCUT2D eigenvalue weighted by molar-refractivity contribution is 5.81. The number of nitrogens with one attached hydrogen (secondary N) is 2. The first-order chi connectivity index (χ1) is 5.65. The number of nitrogens with zero attached hydrogens (tertiary/aromatic N) is 2. The molecular weight excluding hydrogens is 156 g/mol. The molecule has 1 aromatic heterocycles. The van der Waals surface area contributed by atoms with Crippen LogP contribution in [0.2, 0.25) is 0 Å². The van der Waals surface area contributed by atoms with Crippen LogP contribution in [0, 0.1) is 13.8 Å². The third-order valence-electron chi connectivity index (χ3n) is 1.66. The Labute approximate surface area is 70.5 Å². The Morgan fingerprint density at radius 2 is 2.25 bits per heavy atom. The monoisotopic (exact) mass is 168 g/mol. The average Bonchev–Trinajstić information content (AvgIpc) is 2.36. The number of rotatable bonds is 1. The largest absolute Gasteiger partial charge is 0.290 e. The summed E-state index contributed by atoms with van der Waals surface area (Å²) in [6.45, 7) is 5.49. The molecule has 0 spiro atoms. The third-order valence-corrected chi connectivity index (χ3v) is 1.66. The molecule has 0 aromatic carbocycles. The van der Waals surface area contributed by atoms with E-state index < -0.39 is 0 Å². The maximum absolute atomic E-state index is 8.48. The number of aromatic nitrogens is 2. The molecular formula is C7H12N4O. The second-order valence-corrected chi connectivity index (χ2v) is 2.61. The van der Waals surface area contributed by atoms with E-state index in [4.69, 9.17) is 5.21 Å². The lowest BCUT2D eigenvalue weighted by atomic mass is 10.3. The Bertz CT molecular complexity index is 302. The molecule has 0 bridgehead atoms. The SMILES string of the molecule is CC(=Nc1n[nH]c(C)c1C)NO. The summed E-state index contributed by atoms with van der Waals surface area (Å²) in [6.07, 6.45) is 0. The normalized spacial score (nSPS) is 11.8. The standard InChI is InChI=1S/C7H12N4O/c1-4-5(2)9-10-7(4)8-6(3)11-12/h12H,1-3H3,(H2,8,9,10,11). The minimum atomic E-state index is 0.421. The van der Waals surface area contributed by atoms with Crippen molar-refractivity contribution in [1.82, 2.24) is 15.7 Å². The Kier molecular flexibility index (Phi) is 2.44. The molecule has 0 aliphatic carbocycles. The van der Waals surface area contributed by atoms with Gasteiger partial charge in [0.25, 0.3) is 0 Å². The molecule has 3 N–H and O–H groups in total. The Balaban J connectivity index is 2.97. The first-order valence-electron chi connectivity index (χ1n) is 3.62. The van der Waals surface area contributed by atoms with Gasteiger partial charge in [0, 0.05) is 11.3 Å². The molecule has 12 heavy (non-hydrogen) atoms. The molecule has 5 heteroatoms. The van der Waals surface area contributed by atoms with E-state index in [9.17, 15) is 0 Å². The van der Waals surface area contributed by atoms with Crippen molar-refractivity contribution in [2.45, 2.75) is 20.8 Å². The van der Waals surface area contributed by atoms with E-state index in [1.165, 1.54) is 0 Å². The number of hydrogen-bond donors (Lipinski definition) is 3. The fourth-order valence-corrected chi connectivity index (χ4v) is 0.765. The number of H-pyrrole nitrogens is 1. The summed E-state index contributed by atoms with van der Waals surface area (Å²) < 4.78 is 0. The van der Waals surface area contributed by atoms with Gasteiger partial charge in [-0.2, -0.15) is 5.10 Å². The highest BCUT2D eigenvalue weighted by Crippen LogP contribution is 2.16. The molecule has 0 atom stereocenters. The zero-order valence-corrected chi connectivity index (χ0v) is 7.34. The second kappa shape index (κ2) is 3.36. The lowest BCUT2D eigenvalue weighted by Gasteiger charge is -1.94. The van der Waals surface area contributed by atoms with Gasteiger partial charge in [-0.3, -0.25) is 15.8 Å². The van der Waals surface area contributed by atoms with Crippen molar-refractivity contribution < 1.29 is 5.21 Å². The molecule has 1 rings (SSSR count). The van der Waals surface area contributed by atoms with Gasteiger partial charge in [0.05, 0.1) is 0 Å². The lowest BCUT2D eigenvalue weighted by Crippen LogP contribution is -2.13. The van der Waals surface area contributed by atoms with Gasteiger partial charge in [0.2, 0.25) is 0 Å². The van der Waals surface area contributed by atoms with Crippen LogP contribution in [0.1, 0.15) is 18.2 Å². The first kappa shape index (κ1) is 8.73. The highest BCUT2D eigenvalue weighted by Gasteiger charge is 2.03. The molecule has 0 radical (unpaired) electrons. The van der Waals surface area contributed by atoms with Crippen molar-refractivity contribution in [3.05, 3.63) is 11.3 Å². The van der Waals surface area contributed by atoms with Crippen LogP contribution in [0.25, 0.3) is 0 Å². The van der Waals surface area contributed by atoms with Gasteiger partial charge in [-0.15, -0.1) is 0 Å². The Hall–Kier alpha value is -1.36. The van der Waals surface area contributed by atoms with Gasteiger partial charge < -0.3 is 0 Å². The molecule has 0 aliphatic rings. The van der Waals surface area contributed by atoms with Crippen LogP contribution in [0.5, 0.6) is 0 Å². The van der Waals surface area contributed by atoms with E-state index in [1.54, 1.807) is 6.92 Å². The van der Waals surface area contributed by atoms with Gasteiger partial charge in [-0.1, -0.05) is 0 Å². The number of aliphatic imine (C=N–C) groups is 1. The maximum atomic E-state index is 8.48. The predicted molar refractivity (Wildman–Crippen MR) is 45.8 cm³/mol. The van der Waals surface area contributed by atoms with E-state index in [-0.39, 0.29) is 0 Å².